The van der Waals surface area contributed by atoms with Crippen LogP contribution in [0.15, 0.2) is 82.7 Å². The number of carboxylic acid groups (broad SMARTS) is 1. The number of carbonyl (C=O) groups excluding carboxylic acids is 1. The van der Waals surface area contributed by atoms with Gasteiger partial charge >= 0.3 is 5.97 Å². The van der Waals surface area contributed by atoms with Crippen molar-refractivity contribution in [2.24, 2.45) is 0 Å². The number of amides is 1. The smallest absolute Gasteiger partial charge is 0.303 e. The second-order valence-corrected chi connectivity index (χ2v) is 10.4. The van der Waals surface area contributed by atoms with Crippen molar-refractivity contribution in [1.29, 1.82) is 0 Å². The number of fused-ring (bicyclic) bond motifs is 1. The number of aryl methyl sites for hydroxylation is 1. The van der Waals surface area contributed by atoms with Crippen LogP contribution in [0.3, 0.4) is 0 Å². The molecule has 0 radical (unpaired) electrons. The van der Waals surface area contributed by atoms with Crippen LogP contribution in [0.25, 0.3) is 10.9 Å². The summed E-state index contributed by atoms with van der Waals surface area (Å²) in [5, 5.41) is 12.4. The van der Waals surface area contributed by atoms with Gasteiger partial charge in [0.05, 0.1) is 12.0 Å². The average Bonchev–Trinajstić information content (AvgIpc) is 3.23. The van der Waals surface area contributed by atoms with Gasteiger partial charge in [0.15, 0.2) is 0 Å². The van der Waals surface area contributed by atoms with Crippen molar-refractivity contribution in [3.8, 4) is 5.75 Å². The van der Waals surface area contributed by atoms with Crippen LogP contribution in [0.4, 0.5) is 5.69 Å². The van der Waals surface area contributed by atoms with Crippen LogP contribution in [0.2, 0.25) is 5.02 Å². The Morgan fingerprint density at radius 1 is 1.03 bits per heavy atom. The number of methoxy groups -OCH3 is 1. The molecule has 4 rings (SSSR count). The predicted molar refractivity (Wildman–Crippen MR) is 137 cm³/mol. The van der Waals surface area contributed by atoms with Gasteiger partial charge in [-0.25, -0.2) is 8.42 Å². The van der Waals surface area contributed by atoms with E-state index in [-0.39, 0.29) is 39.1 Å². The Hall–Kier alpha value is -3.82. The van der Waals surface area contributed by atoms with Crippen LogP contribution in [0.5, 0.6) is 5.75 Å². The minimum atomic E-state index is -4.13. The van der Waals surface area contributed by atoms with Gasteiger partial charge < -0.3 is 19.7 Å². The summed E-state index contributed by atoms with van der Waals surface area (Å²) in [6.45, 7) is 0.278. The highest BCUT2D eigenvalue weighted by atomic mass is 35.5. The molecule has 36 heavy (non-hydrogen) atoms. The third-order valence-electron chi connectivity index (χ3n) is 5.63. The summed E-state index contributed by atoms with van der Waals surface area (Å²) in [5.41, 5.74) is 1.42. The number of nitrogens with one attached hydrogen (secondary N) is 1. The molecule has 0 aliphatic rings. The first kappa shape index (κ1) is 25.3. The maximum atomic E-state index is 13.8. The van der Waals surface area contributed by atoms with E-state index in [0.717, 1.165) is 0 Å². The van der Waals surface area contributed by atoms with Crippen LogP contribution >= 0.6 is 11.6 Å². The Balaban J connectivity index is 1.84. The predicted octanol–water partition coefficient (Wildman–Crippen LogP) is 5.25. The molecule has 0 aliphatic carbocycles. The molecule has 3 aromatic carbocycles. The molecule has 0 saturated carbocycles. The van der Waals surface area contributed by atoms with Crippen LogP contribution in [0.1, 0.15) is 23.2 Å². The first-order valence-electron chi connectivity index (χ1n) is 11.0. The fourth-order valence-electron chi connectivity index (χ4n) is 3.91. The molecule has 1 amide bonds. The number of aromatic nitrogens is 1. The Morgan fingerprint density at radius 3 is 2.47 bits per heavy atom. The minimum absolute atomic E-state index is 0.0391. The number of para-hydroxylation sites is 1. The molecular weight excluding hydrogens is 504 g/mol. The van der Waals surface area contributed by atoms with Gasteiger partial charge in [-0.2, -0.15) is 0 Å². The lowest BCUT2D eigenvalue weighted by Crippen LogP contribution is -2.11. The fraction of sp³-hybridized carbons (Fsp3) is 0.154. The number of carboxylic acids is 1. The Kier molecular flexibility index (Phi) is 7.32. The number of sulfone groups is 1. The number of rotatable bonds is 9. The second-order valence-electron chi connectivity index (χ2n) is 8.03. The number of halogens is 1. The Labute approximate surface area is 213 Å². The maximum Gasteiger partial charge on any atom is 0.303 e. The third-order valence-corrected chi connectivity index (χ3v) is 7.67. The van der Waals surface area contributed by atoms with Crippen molar-refractivity contribution in [3.63, 3.8) is 0 Å². The van der Waals surface area contributed by atoms with Crippen molar-refractivity contribution in [2.45, 2.75) is 29.2 Å². The van der Waals surface area contributed by atoms with E-state index in [1.54, 1.807) is 41.0 Å². The Morgan fingerprint density at radius 2 is 1.78 bits per heavy atom. The molecular formula is C26H23ClN2O6S. The minimum Gasteiger partial charge on any atom is -0.495 e. The molecule has 186 valence electrons. The molecule has 1 heterocycles. The van der Waals surface area contributed by atoms with Crippen LogP contribution < -0.4 is 10.1 Å². The van der Waals surface area contributed by atoms with Gasteiger partial charge in [0, 0.05) is 46.3 Å². The SMILES string of the molecule is COc1ccc(Cl)cc1S(=O)(=O)c1cn(CCCC(=O)O)c2ccc(C(=O)Nc3ccccc3)cc12. The zero-order chi connectivity index (χ0) is 25.9. The topological polar surface area (TPSA) is 115 Å². The van der Waals surface area contributed by atoms with Crippen molar-refractivity contribution in [2.75, 3.05) is 12.4 Å². The standard InChI is InChI=1S/C26H23ClN2O6S/c1-35-22-12-10-18(27)15-23(22)36(33,34)24-16-29(13-5-8-25(30)31)21-11-9-17(14-20(21)24)26(32)28-19-6-3-2-4-7-19/h2-4,6-7,9-12,14-16H,5,8,13H2,1H3,(H,28,32)(H,30,31). The van der Waals surface area contributed by atoms with Gasteiger partial charge in [-0.15, -0.1) is 0 Å². The molecule has 0 bridgehead atoms. The number of hydrogen-bond donors (Lipinski definition) is 2. The van der Waals surface area contributed by atoms with Crippen molar-refractivity contribution >= 4 is 49.9 Å². The highest BCUT2D eigenvalue weighted by Crippen LogP contribution is 2.36. The van der Waals surface area contributed by atoms with E-state index in [2.05, 4.69) is 5.32 Å². The zero-order valence-corrected chi connectivity index (χ0v) is 20.8. The van der Waals surface area contributed by atoms with Gasteiger partial charge in [0.25, 0.3) is 5.91 Å². The van der Waals surface area contributed by atoms with Gasteiger partial charge in [-0.1, -0.05) is 29.8 Å². The highest BCUT2D eigenvalue weighted by molar-refractivity contribution is 7.91. The van der Waals surface area contributed by atoms with E-state index in [9.17, 15) is 18.0 Å². The summed E-state index contributed by atoms with van der Waals surface area (Å²) in [4.78, 5) is 23.8. The normalized spacial score (nSPS) is 11.4. The number of carbonyl (C=O) groups is 2. The molecule has 0 fully saturated rings. The molecule has 4 aromatic rings. The molecule has 10 heteroatoms. The lowest BCUT2D eigenvalue weighted by molar-refractivity contribution is -0.137. The summed E-state index contributed by atoms with van der Waals surface area (Å²) in [6.07, 6.45) is 1.69. The molecule has 0 atom stereocenters. The van der Waals surface area contributed by atoms with Crippen LogP contribution in [-0.2, 0) is 21.2 Å². The summed E-state index contributed by atoms with van der Waals surface area (Å²) < 4.78 is 34.6. The van der Waals surface area contributed by atoms with E-state index < -0.39 is 21.7 Å². The average molecular weight is 527 g/mol. The van der Waals surface area contributed by atoms with E-state index in [1.807, 2.05) is 6.07 Å². The largest absolute Gasteiger partial charge is 0.495 e. The quantitative estimate of drug-likeness (QED) is 0.308. The van der Waals surface area contributed by atoms with E-state index in [1.165, 1.54) is 37.6 Å². The zero-order valence-electron chi connectivity index (χ0n) is 19.3. The van der Waals surface area contributed by atoms with E-state index >= 15 is 0 Å². The van der Waals surface area contributed by atoms with Crippen molar-refractivity contribution in [3.05, 3.63) is 83.5 Å². The van der Waals surface area contributed by atoms with Crippen LogP contribution in [-0.4, -0.2) is 37.1 Å². The van der Waals surface area contributed by atoms with Gasteiger partial charge in [-0.3, -0.25) is 9.59 Å². The first-order valence-corrected chi connectivity index (χ1v) is 12.9. The Bertz CT molecular complexity index is 1550. The second kappa shape index (κ2) is 10.4. The number of hydrogen-bond acceptors (Lipinski definition) is 5. The molecule has 0 unspecified atom stereocenters. The number of benzene rings is 3. The first-order chi connectivity index (χ1) is 17.2. The van der Waals surface area contributed by atoms with Gasteiger partial charge in [-0.05, 0) is 55.0 Å². The van der Waals surface area contributed by atoms with Crippen molar-refractivity contribution < 1.29 is 27.9 Å². The monoisotopic (exact) mass is 526 g/mol. The van der Waals surface area contributed by atoms with E-state index in [0.29, 0.717) is 23.0 Å². The van der Waals surface area contributed by atoms with Crippen molar-refractivity contribution in [1.82, 2.24) is 4.57 Å². The molecule has 0 aliphatic heterocycles. The number of anilines is 1. The van der Waals surface area contributed by atoms with E-state index in [4.69, 9.17) is 21.4 Å². The lowest BCUT2D eigenvalue weighted by atomic mass is 10.1. The van der Waals surface area contributed by atoms with Gasteiger partial charge in [0.2, 0.25) is 9.84 Å². The molecule has 1 aromatic heterocycles. The van der Waals surface area contributed by atoms with Crippen LogP contribution in [0, 0.1) is 0 Å². The number of nitrogens with zero attached hydrogens (tertiary/aromatic N) is 1. The number of aliphatic carboxylic acids is 1. The molecule has 0 saturated heterocycles. The molecule has 8 nitrogen and oxygen atoms in total. The summed E-state index contributed by atoms with van der Waals surface area (Å²) >= 11 is 6.10. The lowest BCUT2D eigenvalue weighted by Gasteiger charge is -2.10. The molecule has 2 N–H and O–H groups in total. The summed E-state index contributed by atoms with van der Waals surface area (Å²) in [6, 6.07) is 18.0. The van der Waals surface area contributed by atoms with Gasteiger partial charge in [0.1, 0.15) is 10.6 Å². The maximum absolute atomic E-state index is 13.8. The fourth-order valence-corrected chi connectivity index (χ4v) is 5.80. The number of ether oxygens (including phenoxy) is 1. The highest BCUT2D eigenvalue weighted by Gasteiger charge is 2.27. The molecule has 0 spiro atoms. The third kappa shape index (κ3) is 5.22. The summed E-state index contributed by atoms with van der Waals surface area (Å²) in [5.74, 6) is -1.21. The summed E-state index contributed by atoms with van der Waals surface area (Å²) in [7, 11) is -2.77.